The standard InChI is InChI=1S/C14H21IN2O/c1-12-11-16-7-9-17(12)8-4-10-18-14-6-3-2-5-13(14)15/h2-3,5-6,12,16H,4,7-11H2,1H3. The monoisotopic (exact) mass is 360 g/mol. The van der Waals surface area contributed by atoms with E-state index in [1.54, 1.807) is 0 Å². The average molecular weight is 360 g/mol. The van der Waals surface area contributed by atoms with E-state index in [0.29, 0.717) is 6.04 Å². The first-order valence-corrected chi connectivity index (χ1v) is 7.67. The van der Waals surface area contributed by atoms with Gasteiger partial charge >= 0.3 is 0 Å². The Balaban J connectivity index is 1.68. The summed E-state index contributed by atoms with van der Waals surface area (Å²) in [6.45, 7) is 7.60. The van der Waals surface area contributed by atoms with Crippen LogP contribution in [0.4, 0.5) is 0 Å². The van der Waals surface area contributed by atoms with Crippen LogP contribution in [-0.2, 0) is 0 Å². The molecule has 3 nitrogen and oxygen atoms in total. The smallest absolute Gasteiger partial charge is 0.132 e. The molecule has 1 unspecified atom stereocenters. The lowest BCUT2D eigenvalue weighted by Gasteiger charge is -2.33. The summed E-state index contributed by atoms with van der Waals surface area (Å²) in [6, 6.07) is 8.83. The molecule has 0 amide bonds. The average Bonchev–Trinajstić information content (AvgIpc) is 2.38. The number of hydrogen-bond acceptors (Lipinski definition) is 3. The van der Waals surface area contributed by atoms with Gasteiger partial charge in [-0.25, -0.2) is 0 Å². The van der Waals surface area contributed by atoms with Gasteiger partial charge in [-0.2, -0.15) is 0 Å². The van der Waals surface area contributed by atoms with Gasteiger partial charge < -0.3 is 10.1 Å². The zero-order chi connectivity index (χ0) is 12.8. The SMILES string of the molecule is CC1CNCCN1CCCOc1ccccc1I. The first kappa shape index (κ1) is 14.1. The second-order valence-corrected chi connectivity index (χ2v) is 5.88. The van der Waals surface area contributed by atoms with Crippen LogP contribution in [0.1, 0.15) is 13.3 Å². The molecule has 1 aliphatic heterocycles. The molecule has 1 aromatic rings. The minimum absolute atomic E-state index is 0.649. The van der Waals surface area contributed by atoms with Crippen LogP contribution in [-0.4, -0.2) is 43.7 Å². The number of hydrogen-bond donors (Lipinski definition) is 1. The minimum Gasteiger partial charge on any atom is -0.492 e. The molecule has 0 saturated carbocycles. The van der Waals surface area contributed by atoms with Gasteiger partial charge in [0.2, 0.25) is 0 Å². The van der Waals surface area contributed by atoms with Crippen molar-refractivity contribution in [2.45, 2.75) is 19.4 Å². The van der Waals surface area contributed by atoms with Gasteiger partial charge in [-0.1, -0.05) is 12.1 Å². The highest BCUT2D eigenvalue weighted by molar-refractivity contribution is 14.1. The topological polar surface area (TPSA) is 24.5 Å². The van der Waals surface area contributed by atoms with E-state index in [-0.39, 0.29) is 0 Å². The Hall–Kier alpha value is -0.330. The van der Waals surface area contributed by atoms with E-state index in [1.807, 2.05) is 18.2 Å². The zero-order valence-corrected chi connectivity index (χ0v) is 13.0. The lowest BCUT2D eigenvalue weighted by atomic mass is 10.2. The quantitative estimate of drug-likeness (QED) is 0.645. The molecule has 4 heteroatoms. The fourth-order valence-corrected chi connectivity index (χ4v) is 2.77. The maximum atomic E-state index is 5.81. The number of nitrogens with one attached hydrogen (secondary N) is 1. The van der Waals surface area contributed by atoms with Gasteiger partial charge in [-0.05, 0) is 48.1 Å². The molecule has 1 N–H and O–H groups in total. The Labute approximate surface area is 123 Å². The molecular weight excluding hydrogens is 339 g/mol. The Morgan fingerprint density at radius 1 is 1.44 bits per heavy atom. The summed E-state index contributed by atoms with van der Waals surface area (Å²) in [4.78, 5) is 2.54. The third kappa shape index (κ3) is 4.10. The largest absolute Gasteiger partial charge is 0.492 e. The highest BCUT2D eigenvalue weighted by Gasteiger charge is 2.16. The van der Waals surface area contributed by atoms with Gasteiger partial charge in [0.25, 0.3) is 0 Å². The van der Waals surface area contributed by atoms with E-state index >= 15 is 0 Å². The Morgan fingerprint density at radius 3 is 3.06 bits per heavy atom. The second-order valence-electron chi connectivity index (χ2n) is 4.72. The van der Waals surface area contributed by atoms with Crippen molar-refractivity contribution in [3.8, 4) is 5.75 Å². The normalized spacial score (nSPS) is 20.9. The third-order valence-corrected chi connectivity index (χ3v) is 4.21. The van der Waals surface area contributed by atoms with Crippen LogP contribution in [0, 0.1) is 3.57 Å². The van der Waals surface area contributed by atoms with Gasteiger partial charge in [-0.15, -0.1) is 0 Å². The summed E-state index contributed by atoms with van der Waals surface area (Å²) in [5, 5.41) is 3.41. The molecule has 1 saturated heterocycles. The van der Waals surface area contributed by atoms with Crippen LogP contribution in [0.2, 0.25) is 0 Å². The van der Waals surface area contributed by atoms with Crippen LogP contribution in [0.25, 0.3) is 0 Å². The second kappa shape index (κ2) is 7.31. The van der Waals surface area contributed by atoms with Crippen LogP contribution in [0.15, 0.2) is 24.3 Å². The number of para-hydroxylation sites is 1. The Kier molecular flexibility index (Phi) is 5.72. The summed E-state index contributed by atoms with van der Waals surface area (Å²) in [5.41, 5.74) is 0. The third-order valence-electron chi connectivity index (χ3n) is 3.32. The molecule has 0 bridgehead atoms. The lowest BCUT2D eigenvalue weighted by molar-refractivity contribution is 0.160. The summed E-state index contributed by atoms with van der Waals surface area (Å²) in [5.74, 6) is 1.01. The van der Waals surface area contributed by atoms with E-state index in [2.05, 4.69) is 45.8 Å². The first-order valence-electron chi connectivity index (χ1n) is 6.59. The van der Waals surface area contributed by atoms with Crippen molar-refractivity contribution in [1.82, 2.24) is 10.2 Å². The molecular formula is C14H21IN2O. The number of benzene rings is 1. The number of ether oxygens (including phenoxy) is 1. The summed E-state index contributed by atoms with van der Waals surface area (Å²) in [6.07, 6.45) is 1.09. The molecule has 1 atom stereocenters. The fourth-order valence-electron chi connectivity index (χ4n) is 2.23. The predicted molar refractivity (Wildman–Crippen MR) is 83.2 cm³/mol. The maximum Gasteiger partial charge on any atom is 0.132 e. The van der Waals surface area contributed by atoms with E-state index in [0.717, 1.165) is 45.0 Å². The van der Waals surface area contributed by atoms with Gasteiger partial charge in [0.05, 0.1) is 10.2 Å². The molecule has 1 aliphatic rings. The van der Waals surface area contributed by atoms with Crippen molar-refractivity contribution >= 4 is 22.6 Å². The number of nitrogens with zero attached hydrogens (tertiary/aromatic N) is 1. The van der Waals surface area contributed by atoms with Crippen molar-refractivity contribution in [2.75, 3.05) is 32.8 Å². The Bertz CT molecular complexity index is 373. The van der Waals surface area contributed by atoms with Crippen molar-refractivity contribution in [3.05, 3.63) is 27.8 Å². The molecule has 1 heterocycles. The molecule has 0 aliphatic carbocycles. The molecule has 18 heavy (non-hydrogen) atoms. The number of rotatable bonds is 5. The first-order chi connectivity index (χ1) is 8.77. The van der Waals surface area contributed by atoms with Gasteiger partial charge in [0.1, 0.15) is 5.75 Å². The van der Waals surface area contributed by atoms with E-state index in [1.165, 1.54) is 3.57 Å². The van der Waals surface area contributed by atoms with E-state index in [9.17, 15) is 0 Å². The zero-order valence-electron chi connectivity index (χ0n) is 10.9. The highest BCUT2D eigenvalue weighted by Crippen LogP contribution is 2.19. The van der Waals surface area contributed by atoms with Crippen molar-refractivity contribution < 1.29 is 4.74 Å². The molecule has 2 rings (SSSR count). The molecule has 0 spiro atoms. The van der Waals surface area contributed by atoms with Crippen LogP contribution >= 0.6 is 22.6 Å². The van der Waals surface area contributed by atoms with Gasteiger partial charge in [0.15, 0.2) is 0 Å². The van der Waals surface area contributed by atoms with E-state index < -0.39 is 0 Å². The van der Waals surface area contributed by atoms with Crippen molar-refractivity contribution in [1.29, 1.82) is 0 Å². The maximum absolute atomic E-state index is 5.81. The molecule has 100 valence electrons. The highest BCUT2D eigenvalue weighted by atomic mass is 127. The summed E-state index contributed by atoms with van der Waals surface area (Å²) < 4.78 is 7.00. The van der Waals surface area contributed by atoms with Crippen molar-refractivity contribution in [2.24, 2.45) is 0 Å². The molecule has 0 aromatic heterocycles. The van der Waals surface area contributed by atoms with Crippen LogP contribution in [0.5, 0.6) is 5.75 Å². The summed E-state index contributed by atoms with van der Waals surface area (Å²) >= 11 is 2.31. The van der Waals surface area contributed by atoms with Crippen LogP contribution < -0.4 is 10.1 Å². The van der Waals surface area contributed by atoms with Crippen molar-refractivity contribution in [3.63, 3.8) is 0 Å². The molecule has 0 radical (unpaired) electrons. The Morgan fingerprint density at radius 2 is 2.28 bits per heavy atom. The lowest BCUT2D eigenvalue weighted by Crippen LogP contribution is -2.50. The number of piperazine rings is 1. The fraction of sp³-hybridized carbons (Fsp3) is 0.571. The van der Waals surface area contributed by atoms with Gasteiger partial charge in [0, 0.05) is 32.2 Å². The number of halogens is 1. The van der Waals surface area contributed by atoms with E-state index in [4.69, 9.17) is 4.74 Å². The predicted octanol–water partition coefficient (Wildman–Crippen LogP) is 2.35. The van der Waals surface area contributed by atoms with Crippen LogP contribution in [0.3, 0.4) is 0 Å². The summed E-state index contributed by atoms with van der Waals surface area (Å²) in [7, 11) is 0. The molecule has 1 aromatic carbocycles. The molecule has 1 fully saturated rings. The van der Waals surface area contributed by atoms with Gasteiger partial charge in [-0.3, -0.25) is 4.90 Å². The minimum atomic E-state index is 0.649.